The number of anilines is 1. The van der Waals surface area contributed by atoms with E-state index in [2.05, 4.69) is 5.32 Å². The Labute approximate surface area is 163 Å². The summed E-state index contributed by atoms with van der Waals surface area (Å²) in [7, 11) is 0. The van der Waals surface area contributed by atoms with Crippen molar-refractivity contribution in [3.63, 3.8) is 0 Å². The number of rotatable bonds is 7. The van der Waals surface area contributed by atoms with Crippen LogP contribution < -0.4 is 14.8 Å². The topological polar surface area (TPSA) is 64.6 Å². The van der Waals surface area contributed by atoms with Crippen LogP contribution in [0.4, 0.5) is 5.69 Å². The molecular formula is C23H21NO4. The third-order valence-corrected chi connectivity index (χ3v) is 4.01. The Morgan fingerprint density at radius 1 is 0.786 bits per heavy atom. The van der Waals surface area contributed by atoms with Crippen LogP contribution in [0.1, 0.15) is 13.3 Å². The van der Waals surface area contributed by atoms with Gasteiger partial charge in [0.25, 0.3) is 0 Å². The van der Waals surface area contributed by atoms with Crippen molar-refractivity contribution >= 4 is 17.6 Å². The molecule has 3 aromatic carbocycles. The highest BCUT2D eigenvalue weighted by atomic mass is 16.6. The smallest absolute Gasteiger partial charge is 0.349 e. The number of hydrogen-bond donors (Lipinski definition) is 1. The first kappa shape index (κ1) is 19.2. The molecule has 5 heteroatoms. The van der Waals surface area contributed by atoms with Gasteiger partial charge < -0.3 is 14.8 Å². The Morgan fingerprint density at radius 3 is 2.04 bits per heavy atom. The van der Waals surface area contributed by atoms with E-state index in [0.29, 0.717) is 23.6 Å². The zero-order chi connectivity index (χ0) is 19.8. The van der Waals surface area contributed by atoms with E-state index in [1.54, 1.807) is 31.2 Å². The van der Waals surface area contributed by atoms with Gasteiger partial charge in [0.1, 0.15) is 11.5 Å². The van der Waals surface area contributed by atoms with Gasteiger partial charge in [0, 0.05) is 12.1 Å². The Morgan fingerprint density at radius 2 is 1.39 bits per heavy atom. The lowest BCUT2D eigenvalue weighted by molar-refractivity contribution is -0.136. The van der Waals surface area contributed by atoms with Gasteiger partial charge in [0.2, 0.25) is 5.91 Å². The van der Waals surface area contributed by atoms with E-state index in [1.165, 1.54) is 0 Å². The molecule has 0 aliphatic heterocycles. The molecule has 5 nitrogen and oxygen atoms in total. The van der Waals surface area contributed by atoms with E-state index >= 15 is 0 Å². The molecule has 28 heavy (non-hydrogen) atoms. The normalized spacial score (nSPS) is 10.2. The van der Waals surface area contributed by atoms with Crippen molar-refractivity contribution in [1.29, 1.82) is 0 Å². The van der Waals surface area contributed by atoms with Crippen LogP contribution in [0.15, 0.2) is 78.9 Å². The maximum atomic E-state index is 12.0. The van der Waals surface area contributed by atoms with Crippen LogP contribution in [0, 0.1) is 0 Å². The fourth-order valence-electron chi connectivity index (χ4n) is 2.53. The molecule has 0 radical (unpaired) electrons. The largest absolute Gasteiger partial charge is 0.482 e. The molecule has 1 amide bonds. The lowest BCUT2D eigenvalue weighted by atomic mass is 10.1. The third-order valence-electron chi connectivity index (χ3n) is 4.01. The van der Waals surface area contributed by atoms with E-state index in [0.717, 1.165) is 11.1 Å². The van der Waals surface area contributed by atoms with Crippen LogP contribution in [0.25, 0.3) is 11.1 Å². The van der Waals surface area contributed by atoms with Gasteiger partial charge in [-0.05, 0) is 47.5 Å². The van der Waals surface area contributed by atoms with Crippen LogP contribution in [0.5, 0.6) is 11.5 Å². The SMILES string of the molecule is CCC(=O)Nc1ccc(OC(=O)COc2ccc(-c3ccccc3)cc2)cc1. The number of esters is 1. The first-order chi connectivity index (χ1) is 13.6. The van der Waals surface area contributed by atoms with Crippen molar-refractivity contribution in [2.75, 3.05) is 11.9 Å². The summed E-state index contributed by atoms with van der Waals surface area (Å²) >= 11 is 0. The van der Waals surface area contributed by atoms with Crippen molar-refractivity contribution in [3.05, 3.63) is 78.9 Å². The van der Waals surface area contributed by atoms with Crippen molar-refractivity contribution in [1.82, 2.24) is 0 Å². The number of nitrogens with one attached hydrogen (secondary N) is 1. The lowest BCUT2D eigenvalue weighted by Gasteiger charge is -2.09. The molecule has 0 fully saturated rings. The Kier molecular flexibility index (Phi) is 6.41. The van der Waals surface area contributed by atoms with Gasteiger partial charge in [-0.2, -0.15) is 0 Å². The molecule has 142 valence electrons. The van der Waals surface area contributed by atoms with Gasteiger partial charge in [-0.15, -0.1) is 0 Å². The Balaban J connectivity index is 1.49. The highest BCUT2D eigenvalue weighted by molar-refractivity contribution is 5.90. The first-order valence-corrected chi connectivity index (χ1v) is 9.03. The molecule has 3 rings (SSSR count). The average Bonchev–Trinajstić information content (AvgIpc) is 2.74. The number of ether oxygens (including phenoxy) is 2. The number of benzene rings is 3. The molecule has 3 aromatic rings. The second-order valence-electron chi connectivity index (χ2n) is 6.08. The van der Waals surface area contributed by atoms with Crippen LogP contribution in [-0.4, -0.2) is 18.5 Å². The number of carbonyl (C=O) groups is 2. The Hall–Kier alpha value is -3.60. The van der Waals surface area contributed by atoms with E-state index in [9.17, 15) is 9.59 Å². The summed E-state index contributed by atoms with van der Waals surface area (Å²) in [5.41, 5.74) is 2.85. The van der Waals surface area contributed by atoms with Crippen LogP contribution >= 0.6 is 0 Å². The van der Waals surface area contributed by atoms with Crippen LogP contribution in [0.2, 0.25) is 0 Å². The molecule has 0 aliphatic carbocycles. The molecule has 0 aromatic heterocycles. The predicted molar refractivity (Wildman–Crippen MR) is 108 cm³/mol. The predicted octanol–water partition coefficient (Wildman–Crippen LogP) is 4.69. The lowest BCUT2D eigenvalue weighted by Crippen LogP contribution is -2.17. The van der Waals surface area contributed by atoms with Crippen LogP contribution in [-0.2, 0) is 9.59 Å². The molecule has 0 bridgehead atoms. The maximum Gasteiger partial charge on any atom is 0.349 e. The quantitative estimate of drug-likeness (QED) is 0.481. The minimum absolute atomic E-state index is 0.0728. The van der Waals surface area contributed by atoms with Gasteiger partial charge in [-0.1, -0.05) is 49.4 Å². The fourth-order valence-corrected chi connectivity index (χ4v) is 2.53. The van der Waals surface area contributed by atoms with Crippen molar-refractivity contribution in [2.24, 2.45) is 0 Å². The summed E-state index contributed by atoms with van der Waals surface area (Å²) in [4.78, 5) is 23.3. The van der Waals surface area contributed by atoms with Crippen molar-refractivity contribution in [3.8, 4) is 22.6 Å². The zero-order valence-electron chi connectivity index (χ0n) is 15.6. The third kappa shape index (κ3) is 5.45. The van der Waals surface area contributed by atoms with E-state index in [-0.39, 0.29) is 12.5 Å². The zero-order valence-corrected chi connectivity index (χ0v) is 15.6. The van der Waals surface area contributed by atoms with Crippen molar-refractivity contribution < 1.29 is 19.1 Å². The molecule has 0 aliphatic rings. The summed E-state index contributed by atoms with van der Waals surface area (Å²) in [5.74, 6) is 0.408. The van der Waals surface area contributed by atoms with Gasteiger partial charge in [0.15, 0.2) is 6.61 Å². The summed E-state index contributed by atoms with van der Waals surface area (Å²) in [6.45, 7) is 1.58. The summed E-state index contributed by atoms with van der Waals surface area (Å²) < 4.78 is 10.7. The molecule has 0 saturated heterocycles. The highest BCUT2D eigenvalue weighted by Crippen LogP contribution is 2.22. The summed E-state index contributed by atoms with van der Waals surface area (Å²) in [5, 5.41) is 2.73. The monoisotopic (exact) mass is 375 g/mol. The Bertz CT molecular complexity index is 919. The second kappa shape index (κ2) is 9.37. The van der Waals surface area contributed by atoms with Gasteiger partial charge in [-0.3, -0.25) is 4.79 Å². The van der Waals surface area contributed by atoms with E-state index in [1.807, 2.05) is 54.6 Å². The standard InChI is InChI=1S/C23H21NO4/c1-2-22(25)24-19-10-14-21(15-11-19)28-23(26)16-27-20-12-8-18(9-13-20)17-6-4-3-5-7-17/h3-15H,2,16H2,1H3,(H,24,25). The van der Waals surface area contributed by atoms with Gasteiger partial charge in [0.05, 0.1) is 0 Å². The molecular weight excluding hydrogens is 354 g/mol. The van der Waals surface area contributed by atoms with E-state index in [4.69, 9.17) is 9.47 Å². The number of amides is 1. The summed E-state index contributed by atoms with van der Waals surface area (Å²) in [6, 6.07) is 24.1. The fraction of sp³-hybridized carbons (Fsp3) is 0.130. The minimum atomic E-state index is -0.502. The second-order valence-corrected chi connectivity index (χ2v) is 6.08. The van der Waals surface area contributed by atoms with Crippen molar-refractivity contribution in [2.45, 2.75) is 13.3 Å². The highest BCUT2D eigenvalue weighted by Gasteiger charge is 2.07. The molecule has 0 unspecified atom stereocenters. The van der Waals surface area contributed by atoms with Gasteiger partial charge >= 0.3 is 5.97 Å². The molecule has 0 atom stereocenters. The summed E-state index contributed by atoms with van der Waals surface area (Å²) in [6.07, 6.45) is 0.403. The molecule has 0 spiro atoms. The molecule has 1 N–H and O–H groups in total. The molecule has 0 heterocycles. The van der Waals surface area contributed by atoms with Crippen LogP contribution in [0.3, 0.4) is 0 Å². The number of carbonyl (C=O) groups excluding carboxylic acids is 2. The molecule has 0 saturated carbocycles. The first-order valence-electron chi connectivity index (χ1n) is 9.03. The maximum absolute atomic E-state index is 12.0. The minimum Gasteiger partial charge on any atom is -0.482 e. The van der Waals surface area contributed by atoms with E-state index < -0.39 is 5.97 Å². The average molecular weight is 375 g/mol. The van der Waals surface area contributed by atoms with Gasteiger partial charge in [-0.25, -0.2) is 4.79 Å². The number of hydrogen-bond acceptors (Lipinski definition) is 4.